The normalized spacial score (nSPS) is 16.6. The van der Waals surface area contributed by atoms with Crippen LogP contribution in [0.15, 0.2) is 51.7 Å². The first kappa shape index (κ1) is 17.4. The third-order valence-corrected chi connectivity index (χ3v) is 4.55. The number of furan rings is 2. The second-order valence-electron chi connectivity index (χ2n) is 6.54. The van der Waals surface area contributed by atoms with Gasteiger partial charge < -0.3 is 18.5 Å². The van der Waals surface area contributed by atoms with E-state index in [0.717, 1.165) is 25.2 Å². The Morgan fingerprint density at radius 2 is 2.19 bits per heavy atom. The zero-order valence-electron chi connectivity index (χ0n) is 15.1. The van der Waals surface area contributed by atoms with Crippen molar-refractivity contribution < 1.29 is 18.4 Å². The summed E-state index contributed by atoms with van der Waals surface area (Å²) >= 11 is 0. The molecule has 0 spiro atoms. The number of hydrogen-bond acceptors (Lipinski definition) is 5. The third kappa shape index (κ3) is 4.06. The maximum absolute atomic E-state index is 12.9. The number of anilines is 1. The van der Waals surface area contributed by atoms with E-state index in [1.807, 2.05) is 18.2 Å². The van der Waals surface area contributed by atoms with Crippen LogP contribution in [0.2, 0.25) is 0 Å². The molecule has 0 radical (unpaired) electrons. The summed E-state index contributed by atoms with van der Waals surface area (Å²) in [5.74, 6) is 1.96. The predicted molar refractivity (Wildman–Crippen MR) is 98.0 cm³/mol. The van der Waals surface area contributed by atoms with Gasteiger partial charge in [0.15, 0.2) is 5.76 Å². The van der Waals surface area contributed by atoms with E-state index >= 15 is 0 Å². The van der Waals surface area contributed by atoms with Gasteiger partial charge in [-0.2, -0.15) is 5.10 Å². The lowest BCUT2D eigenvalue weighted by Gasteiger charge is -2.24. The number of amides is 2. The fourth-order valence-electron chi connectivity index (χ4n) is 3.16. The van der Waals surface area contributed by atoms with Crippen LogP contribution in [0.1, 0.15) is 18.6 Å². The van der Waals surface area contributed by atoms with Crippen LogP contribution in [-0.4, -0.2) is 40.0 Å². The number of hydrogen-bond donors (Lipinski definition) is 1. The molecular formula is C19H22N4O4. The van der Waals surface area contributed by atoms with E-state index in [2.05, 4.69) is 10.4 Å². The number of rotatable bonds is 6. The fraction of sp³-hybridized carbons (Fsp3) is 0.368. The van der Waals surface area contributed by atoms with Crippen LogP contribution < -0.4 is 5.32 Å². The van der Waals surface area contributed by atoms with Crippen molar-refractivity contribution in [3.05, 3.63) is 48.6 Å². The highest BCUT2D eigenvalue weighted by Crippen LogP contribution is 2.22. The minimum atomic E-state index is -0.226. The van der Waals surface area contributed by atoms with Gasteiger partial charge in [-0.25, -0.2) is 4.79 Å². The molecule has 4 rings (SSSR count). The quantitative estimate of drug-likeness (QED) is 0.718. The zero-order valence-corrected chi connectivity index (χ0v) is 15.1. The molecule has 8 heteroatoms. The monoisotopic (exact) mass is 370 g/mol. The second-order valence-corrected chi connectivity index (χ2v) is 6.54. The molecule has 1 aliphatic heterocycles. The molecule has 3 aromatic rings. The van der Waals surface area contributed by atoms with Crippen LogP contribution in [0.3, 0.4) is 0 Å². The number of ether oxygens (including phenoxy) is 1. The molecule has 2 amide bonds. The lowest BCUT2D eigenvalue weighted by molar-refractivity contribution is 0.0802. The van der Waals surface area contributed by atoms with E-state index in [-0.39, 0.29) is 12.1 Å². The average molecular weight is 370 g/mol. The Kier molecular flexibility index (Phi) is 4.97. The molecule has 8 nitrogen and oxygen atoms in total. The maximum atomic E-state index is 12.9. The minimum absolute atomic E-state index is 0.0518. The van der Waals surface area contributed by atoms with Gasteiger partial charge in [-0.05, 0) is 37.1 Å². The van der Waals surface area contributed by atoms with Crippen molar-refractivity contribution >= 4 is 11.8 Å². The SMILES string of the molecule is Cn1nc(-c2ccco2)cc1NC(=O)N(Cc1ccco1)C[C@H]1CCCO1. The second kappa shape index (κ2) is 7.71. The highest BCUT2D eigenvalue weighted by molar-refractivity contribution is 5.89. The molecule has 3 aromatic heterocycles. The molecule has 1 atom stereocenters. The Morgan fingerprint density at radius 1 is 1.33 bits per heavy atom. The molecule has 1 saturated heterocycles. The van der Waals surface area contributed by atoms with Crippen LogP contribution in [-0.2, 0) is 18.3 Å². The van der Waals surface area contributed by atoms with Gasteiger partial charge in [-0.15, -0.1) is 0 Å². The summed E-state index contributed by atoms with van der Waals surface area (Å²) in [4.78, 5) is 14.6. The maximum Gasteiger partial charge on any atom is 0.323 e. The molecule has 1 N–H and O–H groups in total. The Morgan fingerprint density at radius 3 is 2.89 bits per heavy atom. The highest BCUT2D eigenvalue weighted by Gasteiger charge is 2.24. The van der Waals surface area contributed by atoms with Crippen molar-refractivity contribution in [2.45, 2.75) is 25.5 Å². The number of carbonyl (C=O) groups excluding carboxylic acids is 1. The lowest BCUT2D eigenvalue weighted by atomic mass is 10.2. The van der Waals surface area contributed by atoms with Gasteiger partial charge in [0.05, 0.1) is 25.2 Å². The molecule has 0 aromatic carbocycles. The molecule has 0 unspecified atom stereocenters. The van der Waals surface area contributed by atoms with Crippen molar-refractivity contribution in [3.63, 3.8) is 0 Å². The van der Waals surface area contributed by atoms with E-state index in [1.54, 1.807) is 41.3 Å². The number of aromatic nitrogens is 2. The lowest BCUT2D eigenvalue weighted by Crippen LogP contribution is -2.39. The molecule has 142 valence electrons. The Bertz CT molecular complexity index is 864. The van der Waals surface area contributed by atoms with Crippen LogP contribution in [0.5, 0.6) is 0 Å². The van der Waals surface area contributed by atoms with Crippen LogP contribution in [0.4, 0.5) is 10.6 Å². The Labute approximate surface area is 156 Å². The molecule has 0 aliphatic carbocycles. The van der Waals surface area contributed by atoms with E-state index in [0.29, 0.717) is 30.4 Å². The summed E-state index contributed by atoms with van der Waals surface area (Å²) in [6.45, 7) is 1.63. The smallest absolute Gasteiger partial charge is 0.323 e. The van der Waals surface area contributed by atoms with Crippen molar-refractivity contribution in [2.24, 2.45) is 7.05 Å². The first-order valence-corrected chi connectivity index (χ1v) is 8.97. The summed E-state index contributed by atoms with van der Waals surface area (Å²) in [6, 6.07) is 8.86. The van der Waals surface area contributed by atoms with Crippen LogP contribution >= 0.6 is 0 Å². The van der Waals surface area contributed by atoms with Gasteiger partial charge in [-0.1, -0.05) is 0 Å². The molecule has 27 heavy (non-hydrogen) atoms. The first-order valence-electron chi connectivity index (χ1n) is 8.97. The van der Waals surface area contributed by atoms with Gasteiger partial charge in [0, 0.05) is 26.3 Å². The standard InChI is InChI=1S/C19H22N4O4/c1-22-18(11-16(21-22)17-7-4-10-27-17)20-19(24)23(12-14-5-2-8-25-14)13-15-6-3-9-26-15/h2,4-5,7-8,10-11,15H,3,6,9,12-13H2,1H3,(H,20,24)/t15-/m1/s1. The molecular weight excluding hydrogens is 348 g/mol. The van der Waals surface area contributed by atoms with Crippen molar-refractivity contribution in [3.8, 4) is 11.5 Å². The van der Waals surface area contributed by atoms with Gasteiger partial charge in [0.25, 0.3) is 0 Å². The third-order valence-electron chi connectivity index (χ3n) is 4.55. The Hall–Kier alpha value is -3.00. The summed E-state index contributed by atoms with van der Waals surface area (Å²) in [7, 11) is 1.78. The van der Waals surface area contributed by atoms with Crippen molar-refractivity contribution in [1.82, 2.24) is 14.7 Å². The van der Waals surface area contributed by atoms with E-state index in [9.17, 15) is 4.79 Å². The largest absolute Gasteiger partial charge is 0.467 e. The molecule has 0 bridgehead atoms. The molecule has 0 saturated carbocycles. The fourth-order valence-corrected chi connectivity index (χ4v) is 3.16. The number of urea groups is 1. The van der Waals surface area contributed by atoms with Crippen molar-refractivity contribution in [1.29, 1.82) is 0 Å². The summed E-state index contributed by atoms with van der Waals surface area (Å²) in [5.41, 5.74) is 0.662. The van der Waals surface area contributed by atoms with Gasteiger partial charge in [-0.3, -0.25) is 10.00 Å². The van der Waals surface area contributed by atoms with Gasteiger partial charge in [0.2, 0.25) is 0 Å². The minimum Gasteiger partial charge on any atom is -0.467 e. The van der Waals surface area contributed by atoms with Gasteiger partial charge in [0.1, 0.15) is 17.3 Å². The summed E-state index contributed by atoms with van der Waals surface area (Å²) in [5, 5.41) is 7.32. The topological polar surface area (TPSA) is 85.7 Å². The first-order chi connectivity index (χ1) is 13.2. The van der Waals surface area contributed by atoms with Crippen LogP contribution in [0.25, 0.3) is 11.5 Å². The molecule has 4 heterocycles. The van der Waals surface area contributed by atoms with Crippen LogP contribution in [0, 0.1) is 0 Å². The average Bonchev–Trinajstić information content (AvgIpc) is 3.44. The summed E-state index contributed by atoms with van der Waals surface area (Å²) in [6.07, 6.45) is 5.23. The molecule has 1 fully saturated rings. The summed E-state index contributed by atoms with van der Waals surface area (Å²) < 4.78 is 18.1. The van der Waals surface area contributed by atoms with Crippen molar-refractivity contribution in [2.75, 3.05) is 18.5 Å². The number of carbonyl (C=O) groups is 1. The van der Waals surface area contributed by atoms with E-state index in [1.165, 1.54) is 0 Å². The Balaban J connectivity index is 1.48. The number of nitrogens with one attached hydrogen (secondary N) is 1. The van der Waals surface area contributed by atoms with E-state index < -0.39 is 0 Å². The zero-order chi connectivity index (χ0) is 18.6. The number of aryl methyl sites for hydroxylation is 1. The predicted octanol–water partition coefficient (Wildman–Crippen LogP) is 3.49. The highest BCUT2D eigenvalue weighted by atomic mass is 16.5. The number of nitrogens with zero attached hydrogens (tertiary/aromatic N) is 3. The van der Waals surface area contributed by atoms with Gasteiger partial charge >= 0.3 is 6.03 Å². The van der Waals surface area contributed by atoms with E-state index in [4.69, 9.17) is 13.6 Å². The molecule has 1 aliphatic rings.